The minimum atomic E-state index is -0.752. The summed E-state index contributed by atoms with van der Waals surface area (Å²) in [7, 11) is 4.02. The molecule has 8 heterocycles. The standard InChI is InChI=1S/C33H41N5O6.C29H35N5O5.2Ac/c1-7-8-25(39)36-18(5)33(42)35-13-24-27-20(29(40)17(4)31-32(27)44-14-43-31)11-22-28-26-19(9-15(2)16(3)30(26)41)10-21(37(28)6)23(12-34)38(22)24;1-12-6-16-7-18-20(9-30)34-19(24(33(18)5)22(16)26(36)13(12)2)8-17-23(21(34)10-32-29(37)15(4)31)28-27(38-11-39-28)14(3)25(17)35;;/h9,18,21-24,28,40-41H,7-8,10-11,13-14H2,1-6H3,(H,35,42)(H,36,39);6,15,18-21,24,35-36H,7-8,10-11,31H2,1-5H3,(H,32,37);;/t18-,21-,22?,23-,24-,28-;15-,18-,19?,20-,21-,24-;;/m00../s1. The Hall–Kier alpha value is -4.65. The van der Waals surface area contributed by atoms with Crippen molar-refractivity contribution in [2.45, 2.75) is 173 Å². The van der Waals surface area contributed by atoms with E-state index in [1.807, 2.05) is 48.7 Å². The van der Waals surface area contributed by atoms with Crippen LogP contribution in [-0.2, 0) is 40.1 Å². The number of ether oxygens (including phenoxy) is 4. The fraction of sp³-hybridized carbons (Fsp3) is 0.532. The molecule has 446 valence electrons. The fourth-order valence-corrected chi connectivity index (χ4v) is 15.1. The minimum Gasteiger partial charge on any atom is -0.507 e. The number of benzene rings is 4. The summed E-state index contributed by atoms with van der Waals surface area (Å²) in [5, 5.41) is 76.0. The van der Waals surface area contributed by atoms with Crippen molar-refractivity contribution in [2.75, 3.05) is 40.8 Å². The molecule has 12 atom stereocenters. The molecule has 8 aliphatic heterocycles. The molecular formula is C62H76Ac2N10O11. The Labute approximate surface area is 567 Å². The van der Waals surface area contributed by atoms with E-state index in [2.05, 4.69) is 59.8 Å². The third kappa shape index (κ3) is 10.5. The molecule has 4 aromatic rings. The largest absolute Gasteiger partial charge is 0.507 e. The molecule has 8 aliphatic rings. The van der Waals surface area contributed by atoms with Crippen molar-refractivity contribution in [1.29, 1.82) is 10.5 Å². The molecule has 2 fully saturated rings. The summed E-state index contributed by atoms with van der Waals surface area (Å²) in [6.45, 7) is 16.9. The average Bonchev–Trinajstić information content (AvgIpc) is 2.28. The number of phenolic OH excluding ortho intramolecular Hbond substituents is 4. The summed E-state index contributed by atoms with van der Waals surface area (Å²) in [6.07, 6.45) is 3.04. The topological polar surface area (TPSA) is 292 Å². The van der Waals surface area contributed by atoms with E-state index in [0.717, 1.165) is 55.6 Å². The molecule has 9 N–H and O–H groups in total. The second kappa shape index (κ2) is 25.1. The zero-order chi connectivity index (χ0) is 59.5. The molecule has 4 aromatic carbocycles. The Morgan fingerprint density at radius 3 is 1.40 bits per heavy atom. The van der Waals surface area contributed by atoms with Crippen molar-refractivity contribution in [2.24, 2.45) is 5.73 Å². The van der Waals surface area contributed by atoms with Crippen LogP contribution in [0.3, 0.4) is 0 Å². The molecule has 12 rings (SSSR count). The molecule has 2 radical (unpaired) electrons. The molecule has 85 heavy (non-hydrogen) atoms. The number of nitriles is 2. The number of nitrogens with two attached hydrogens (primary N) is 1. The maximum atomic E-state index is 13.3. The number of hydrogen-bond acceptors (Lipinski definition) is 18. The summed E-state index contributed by atoms with van der Waals surface area (Å²) < 4.78 is 23.5. The van der Waals surface area contributed by atoms with Crippen molar-refractivity contribution in [3.8, 4) is 58.1 Å². The summed E-state index contributed by atoms with van der Waals surface area (Å²) in [5.74, 6) is 1.98. The monoisotopic (exact) mass is 1590 g/mol. The number of phenols is 4. The maximum absolute atomic E-state index is 13.3. The Balaban J connectivity index is 0.000000200. The maximum Gasteiger partial charge on any atom is 0.242 e. The first-order valence-corrected chi connectivity index (χ1v) is 28.9. The van der Waals surface area contributed by atoms with Gasteiger partial charge in [0, 0.05) is 176 Å². The van der Waals surface area contributed by atoms with Crippen LogP contribution < -0.4 is 40.6 Å². The van der Waals surface area contributed by atoms with Gasteiger partial charge in [-0.3, -0.25) is 34.0 Å². The Morgan fingerprint density at radius 1 is 0.612 bits per heavy atom. The van der Waals surface area contributed by atoms with Crippen LogP contribution in [0.1, 0.15) is 136 Å². The molecule has 0 spiro atoms. The number of aryl methyl sites for hydroxylation is 2. The van der Waals surface area contributed by atoms with E-state index in [9.17, 15) is 45.3 Å². The molecule has 2 unspecified atom stereocenters. The Morgan fingerprint density at radius 2 is 1.01 bits per heavy atom. The smallest absolute Gasteiger partial charge is 0.242 e. The van der Waals surface area contributed by atoms with Crippen LogP contribution in [0.25, 0.3) is 0 Å². The number of nitrogens with one attached hydrogen (secondary N) is 3. The van der Waals surface area contributed by atoms with E-state index in [0.29, 0.717) is 83.8 Å². The average molecular weight is 1590 g/mol. The van der Waals surface area contributed by atoms with Crippen LogP contribution in [-0.4, -0.2) is 147 Å². The van der Waals surface area contributed by atoms with Gasteiger partial charge in [0.15, 0.2) is 23.0 Å². The second-order valence-corrected chi connectivity index (χ2v) is 24.0. The summed E-state index contributed by atoms with van der Waals surface area (Å²) >= 11 is 0. The minimum absolute atomic E-state index is 0. The van der Waals surface area contributed by atoms with Crippen LogP contribution in [0.15, 0.2) is 12.1 Å². The summed E-state index contributed by atoms with van der Waals surface area (Å²) in [4.78, 5) is 46.8. The van der Waals surface area contributed by atoms with Crippen molar-refractivity contribution in [3.63, 3.8) is 0 Å². The Bertz CT molecular complexity index is 3480. The first-order valence-electron chi connectivity index (χ1n) is 28.9. The van der Waals surface area contributed by atoms with E-state index in [1.165, 1.54) is 0 Å². The van der Waals surface area contributed by atoms with Crippen molar-refractivity contribution in [3.05, 3.63) is 90.0 Å². The SMILES string of the molecule is CCCC(=O)N[C@@H](C)C(=O)NC[C@H]1c2c(c(O)c(C)c3c2OCO3)CC2[C@H]3c4c(cc(C)c(C)c4O)C[C@@H]([C@H](C#N)N21)N3C.Cc1cc2c(c(O)c1C)[C@@H]1C3Cc4c(O)c(C)c5c(c4[C@H](CNC(=O)[C@H](C)N)N3[C@@H](C#N)[C@H](C2)N1C)OCO5.[Ac].[Ac]. The third-order valence-corrected chi connectivity index (χ3v) is 19.5. The number of aromatic hydroxyl groups is 4. The molecule has 0 saturated carbocycles. The molecule has 0 aliphatic carbocycles. The van der Waals surface area contributed by atoms with Gasteiger partial charge in [-0.25, -0.2) is 0 Å². The Kier molecular flexibility index (Phi) is 19.1. The van der Waals surface area contributed by atoms with Crippen molar-refractivity contribution >= 4 is 17.7 Å². The van der Waals surface area contributed by atoms with Gasteiger partial charge in [-0.05, 0) is 135 Å². The molecule has 0 aromatic heterocycles. The van der Waals surface area contributed by atoms with Gasteiger partial charge in [0.2, 0.25) is 31.3 Å². The van der Waals surface area contributed by atoms with Gasteiger partial charge < -0.3 is 61.1 Å². The van der Waals surface area contributed by atoms with E-state index in [4.69, 9.17) is 24.7 Å². The molecule has 3 amide bonds. The fourth-order valence-electron chi connectivity index (χ4n) is 15.1. The molecule has 23 heteroatoms. The molecule has 21 nitrogen and oxygen atoms in total. The number of fused-ring (bicyclic) bond motifs is 18. The van der Waals surface area contributed by atoms with Crippen LogP contribution >= 0.6 is 0 Å². The number of hydrogen-bond donors (Lipinski definition) is 8. The summed E-state index contributed by atoms with van der Waals surface area (Å²) in [6, 6.07) is 4.48. The van der Waals surface area contributed by atoms with Crippen LogP contribution in [0.5, 0.6) is 46.0 Å². The second-order valence-electron chi connectivity index (χ2n) is 24.0. The molecular weight excluding hydrogens is 1510 g/mol. The number of amides is 3. The first kappa shape index (κ1) is 64.8. The van der Waals surface area contributed by atoms with E-state index < -0.39 is 36.3 Å². The van der Waals surface area contributed by atoms with Gasteiger partial charge in [-0.1, -0.05) is 19.1 Å². The van der Waals surface area contributed by atoms with Crippen LogP contribution in [0, 0.1) is 152 Å². The number of rotatable bonds is 9. The van der Waals surface area contributed by atoms with E-state index in [-0.39, 0.29) is 192 Å². The van der Waals surface area contributed by atoms with E-state index >= 15 is 0 Å². The van der Waals surface area contributed by atoms with Gasteiger partial charge in [0.1, 0.15) is 41.1 Å². The predicted molar refractivity (Wildman–Crippen MR) is 304 cm³/mol. The molecule has 2 saturated heterocycles. The quantitative estimate of drug-likeness (QED) is 0.110. The van der Waals surface area contributed by atoms with Crippen LogP contribution in [0.4, 0.5) is 0 Å². The molecule has 4 bridgehead atoms. The number of carbonyl (C=O) groups is 3. The van der Waals surface area contributed by atoms with Gasteiger partial charge in [-0.2, -0.15) is 10.5 Å². The van der Waals surface area contributed by atoms with Gasteiger partial charge in [0.05, 0.1) is 42.3 Å². The van der Waals surface area contributed by atoms with Crippen LogP contribution in [0.2, 0.25) is 0 Å². The number of nitrogens with zero attached hydrogens (tertiary/aromatic N) is 6. The van der Waals surface area contributed by atoms with Crippen molar-refractivity contribution in [1.82, 2.24) is 35.6 Å². The zero-order valence-corrected chi connectivity index (χ0v) is 59.7. The van der Waals surface area contributed by atoms with Gasteiger partial charge >= 0.3 is 0 Å². The normalized spacial score (nSPS) is 26.0. The zero-order valence-electron chi connectivity index (χ0n) is 50.2. The number of piperazine rings is 2. The predicted octanol–water partition coefficient (Wildman–Crippen LogP) is 4.93. The summed E-state index contributed by atoms with van der Waals surface area (Å²) in [5.41, 5.74) is 17.4. The third-order valence-electron chi connectivity index (χ3n) is 19.5. The van der Waals surface area contributed by atoms with E-state index in [1.54, 1.807) is 27.7 Å². The van der Waals surface area contributed by atoms with Gasteiger partial charge in [-0.15, -0.1) is 0 Å². The van der Waals surface area contributed by atoms with Gasteiger partial charge in [0.25, 0.3) is 0 Å². The first-order chi connectivity index (χ1) is 39.6. The van der Waals surface area contributed by atoms with Crippen molar-refractivity contribution < 1.29 is 142 Å². The number of likely N-dealkylation sites (N-methyl/N-ethyl adjacent to an activating group) is 2. The number of carbonyl (C=O) groups excluding carboxylic acids is 3.